The number of amides is 1. The lowest BCUT2D eigenvalue weighted by Crippen LogP contribution is -2.26. The van der Waals surface area contributed by atoms with Crippen molar-refractivity contribution in [2.45, 2.75) is 13.3 Å². The smallest absolute Gasteiger partial charge is 0.228 e. The van der Waals surface area contributed by atoms with Crippen molar-refractivity contribution >= 4 is 23.3 Å². The SMILES string of the molecule is Cc1cc(N2CC(CCl)CC2=O)n(C)n1. The molecule has 0 N–H and O–H groups in total. The summed E-state index contributed by atoms with van der Waals surface area (Å²) in [6.07, 6.45) is 0.549. The zero-order chi connectivity index (χ0) is 11.0. The van der Waals surface area contributed by atoms with E-state index in [2.05, 4.69) is 5.10 Å². The molecule has 82 valence electrons. The predicted octanol–water partition coefficient (Wildman–Crippen LogP) is 1.32. The first-order valence-corrected chi connectivity index (χ1v) is 5.52. The van der Waals surface area contributed by atoms with E-state index in [1.165, 1.54) is 0 Å². The molecule has 1 aromatic heterocycles. The number of rotatable bonds is 2. The third-order valence-electron chi connectivity index (χ3n) is 2.68. The van der Waals surface area contributed by atoms with Crippen molar-refractivity contribution in [3.8, 4) is 0 Å². The minimum atomic E-state index is 0.142. The van der Waals surface area contributed by atoms with E-state index in [0.29, 0.717) is 18.8 Å². The highest BCUT2D eigenvalue weighted by molar-refractivity contribution is 6.18. The summed E-state index contributed by atoms with van der Waals surface area (Å²) in [6, 6.07) is 1.93. The van der Waals surface area contributed by atoms with E-state index in [0.717, 1.165) is 11.5 Å². The average Bonchev–Trinajstić information content (AvgIpc) is 2.69. The molecule has 0 saturated carbocycles. The number of hydrogen-bond acceptors (Lipinski definition) is 2. The first-order valence-electron chi connectivity index (χ1n) is 4.98. The number of aromatic nitrogens is 2. The Morgan fingerprint density at radius 2 is 2.40 bits per heavy atom. The highest BCUT2D eigenvalue weighted by Crippen LogP contribution is 2.25. The molecule has 15 heavy (non-hydrogen) atoms. The summed E-state index contributed by atoms with van der Waals surface area (Å²) in [5.74, 6) is 1.82. The number of aryl methyl sites for hydroxylation is 2. The molecule has 2 rings (SSSR count). The van der Waals surface area contributed by atoms with Gasteiger partial charge in [0.1, 0.15) is 5.82 Å². The van der Waals surface area contributed by atoms with E-state index in [1.54, 1.807) is 9.58 Å². The van der Waals surface area contributed by atoms with Crippen LogP contribution in [0.3, 0.4) is 0 Å². The van der Waals surface area contributed by atoms with Crippen molar-refractivity contribution in [2.75, 3.05) is 17.3 Å². The molecule has 0 bridgehead atoms. The van der Waals surface area contributed by atoms with Crippen molar-refractivity contribution in [2.24, 2.45) is 13.0 Å². The van der Waals surface area contributed by atoms with Crippen molar-refractivity contribution in [1.82, 2.24) is 9.78 Å². The number of alkyl halides is 1. The molecule has 1 aliphatic heterocycles. The van der Waals surface area contributed by atoms with E-state index in [-0.39, 0.29) is 11.8 Å². The largest absolute Gasteiger partial charge is 0.297 e. The maximum absolute atomic E-state index is 11.7. The lowest BCUT2D eigenvalue weighted by Gasteiger charge is -2.15. The van der Waals surface area contributed by atoms with Gasteiger partial charge in [-0.25, -0.2) is 0 Å². The molecule has 2 heterocycles. The summed E-state index contributed by atoms with van der Waals surface area (Å²) in [7, 11) is 1.85. The van der Waals surface area contributed by atoms with E-state index in [9.17, 15) is 4.79 Å². The third-order valence-corrected chi connectivity index (χ3v) is 3.11. The van der Waals surface area contributed by atoms with E-state index in [1.807, 2.05) is 20.0 Å². The molecule has 0 aliphatic carbocycles. The van der Waals surface area contributed by atoms with Crippen LogP contribution in [-0.2, 0) is 11.8 Å². The molecule has 0 aromatic carbocycles. The van der Waals surface area contributed by atoms with Crippen LogP contribution in [0, 0.1) is 12.8 Å². The van der Waals surface area contributed by atoms with Gasteiger partial charge in [-0.1, -0.05) is 0 Å². The summed E-state index contributed by atoms with van der Waals surface area (Å²) >= 11 is 5.77. The number of carbonyl (C=O) groups excluding carboxylic acids is 1. The van der Waals surface area contributed by atoms with Gasteiger partial charge >= 0.3 is 0 Å². The fraction of sp³-hybridized carbons (Fsp3) is 0.600. The van der Waals surface area contributed by atoms with Crippen LogP contribution in [0.1, 0.15) is 12.1 Å². The van der Waals surface area contributed by atoms with Gasteiger partial charge in [-0.3, -0.25) is 14.4 Å². The van der Waals surface area contributed by atoms with Gasteiger partial charge in [0.05, 0.1) is 5.69 Å². The molecule has 0 spiro atoms. The first-order chi connectivity index (χ1) is 7.11. The molecule has 0 radical (unpaired) electrons. The van der Waals surface area contributed by atoms with Gasteiger partial charge < -0.3 is 0 Å². The number of nitrogens with zero attached hydrogens (tertiary/aromatic N) is 3. The molecule has 5 heteroatoms. The van der Waals surface area contributed by atoms with Gasteiger partial charge in [0, 0.05) is 32.0 Å². The van der Waals surface area contributed by atoms with E-state index in [4.69, 9.17) is 11.6 Å². The van der Waals surface area contributed by atoms with Crippen molar-refractivity contribution < 1.29 is 4.79 Å². The van der Waals surface area contributed by atoms with Crippen LogP contribution in [0.5, 0.6) is 0 Å². The topological polar surface area (TPSA) is 38.1 Å². The molecule has 1 amide bonds. The molecule has 1 unspecified atom stereocenters. The third kappa shape index (κ3) is 1.86. The van der Waals surface area contributed by atoms with Crippen LogP contribution in [0.15, 0.2) is 6.07 Å². The van der Waals surface area contributed by atoms with Crippen molar-refractivity contribution in [3.05, 3.63) is 11.8 Å². The van der Waals surface area contributed by atoms with Crippen LogP contribution >= 0.6 is 11.6 Å². The molecular weight excluding hydrogens is 214 g/mol. The highest BCUT2D eigenvalue weighted by atomic mass is 35.5. The standard InChI is InChI=1S/C10H14ClN3O/c1-7-3-9(13(2)12-7)14-6-8(5-11)4-10(14)15/h3,8H,4-6H2,1-2H3. The number of hydrogen-bond donors (Lipinski definition) is 0. The second kappa shape index (κ2) is 3.85. The van der Waals surface area contributed by atoms with E-state index >= 15 is 0 Å². The number of anilines is 1. The lowest BCUT2D eigenvalue weighted by molar-refractivity contribution is -0.117. The fourth-order valence-electron chi connectivity index (χ4n) is 1.96. The van der Waals surface area contributed by atoms with Gasteiger partial charge in [-0.15, -0.1) is 11.6 Å². The Labute approximate surface area is 93.8 Å². The fourth-order valence-corrected chi connectivity index (χ4v) is 2.16. The van der Waals surface area contributed by atoms with Crippen LogP contribution in [-0.4, -0.2) is 28.1 Å². The number of carbonyl (C=O) groups is 1. The molecule has 1 saturated heterocycles. The zero-order valence-corrected chi connectivity index (χ0v) is 9.66. The molecule has 1 atom stereocenters. The summed E-state index contributed by atoms with van der Waals surface area (Å²) in [4.78, 5) is 13.5. The molecule has 1 fully saturated rings. The quantitative estimate of drug-likeness (QED) is 0.715. The Kier molecular flexibility index (Phi) is 2.69. The lowest BCUT2D eigenvalue weighted by atomic mass is 10.1. The number of halogens is 1. The van der Waals surface area contributed by atoms with Gasteiger partial charge in [0.15, 0.2) is 0 Å². The summed E-state index contributed by atoms with van der Waals surface area (Å²) < 4.78 is 1.74. The van der Waals surface area contributed by atoms with Gasteiger partial charge in [-0.2, -0.15) is 5.10 Å². The van der Waals surface area contributed by atoms with Gasteiger partial charge in [0.25, 0.3) is 0 Å². The van der Waals surface area contributed by atoms with Crippen LogP contribution in [0.2, 0.25) is 0 Å². The monoisotopic (exact) mass is 227 g/mol. The average molecular weight is 228 g/mol. The van der Waals surface area contributed by atoms with Crippen molar-refractivity contribution in [1.29, 1.82) is 0 Å². The second-order valence-electron chi connectivity index (χ2n) is 4.00. The molecular formula is C10H14ClN3O. The van der Waals surface area contributed by atoms with Crippen LogP contribution < -0.4 is 4.90 Å². The minimum Gasteiger partial charge on any atom is -0.297 e. The van der Waals surface area contributed by atoms with Crippen LogP contribution in [0.4, 0.5) is 5.82 Å². The Bertz CT molecular complexity index is 388. The highest BCUT2D eigenvalue weighted by Gasteiger charge is 2.31. The minimum absolute atomic E-state index is 0.142. The van der Waals surface area contributed by atoms with Gasteiger partial charge in [0.2, 0.25) is 5.91 Å². The molecule has 1 aliphatic rings. The summed E-state index contributed by atoms with van der Waals surface area (Å²) in [5.41, 5.74) is 0.926. The summed E-state index contributed by atoms with van der Waals surface area (Å²) in [5, 5.41) is 4.23. The Morgan fingerprint density at radius 1 is 1.67 bits per heavy atom. The molecule has 1 aromatic rings. The normalized spacial score (nSPS) is 21.4. The summed E-state index contributed by atoms with van der Waals surface area (Å²) in [6.45, 7) is 2.63. The Balaban J connectivity index is 2.25. The van der Waals surface area contributed by atoms with E-state index < -0.39 is 0 Å². The van der Waals surface area contributed by atoms with Gasteiger partial charge in [-0.05, 0) is 12.8 Å². The zero-order valence-electron chi connectivity index (χ0n) is 8.90. The van der Waals surface area contributed by atoms with Crippen molar-refractivity contribution in [3.63, 3.8) is 0 Å². The van der Waals surface area contributed by atoms with Crippen LogP contribution in [0.25, 0.3) is 0 Å². The maximum atomic E-state index is 11.7. The Morgan fingerprint density at radius 3 is 2.87 bits per heavy atom. The molecule has 4 nitrogen and oxygen atoms in total. The Hall–Kier alpha value is -1.03. The first kappa shape index (κ1) is 10.5. The second-order valence-corrected chi connectivity index (χ2v) is 4.30. The predicted molar refractivity (Wildman–Crippen MR) is 59.1 cm³/mol. The maximum Gasteiger partial charge on any atom is 0.228 e.